The first-order valence-corrected chi connectivity index (χ1v) is 37.1. The molecule has 0 aliphatic heterocycles. The van der Waals surface area contributed by atoms with Crippen LogP contribution in [0.15, 0.2) is 48.6 Å². The molecule has 0 aliphatic carbocycles. The smallest absolute Gasteiger partial charge is 0.306 e. The van der Waals surface area contributed by atoms with Crippen LogP contribution in [0.5, 0.6) is 0 Å². The first-order valence-electron chi connectivity index (χ1n) is 37.1. The van der Waals surface area contributed by atoms with Crippen LogP contribution in [0.4, 0.5) is 0 Å². The lowest BCUT2D eigenvalue weighted by Gasteiger charge is -2.18. The van der Waals surface area contributed by atoms with Crippen molar-refractivity contribution in [2.45, 2.75) is 412 Å². The number of unbranched alkanes of at least 4 members (excludes halogenated alkanes) is 50. The van der Waals surface area contributed by atoms with Crippen LogP contribution < -0.4 is 0 Å². The summed E-state index contributed by atoms with van der Waals surface area (Å²) in [5.41, 5.74) is 0. The van der Waals surface area contributed by atoms with Crippen LogP contribution in [-0.4, -0.2) is 37.2 Å². The van der Waals surface area contributed by atoms with Crippen LogP contribution in [0.25, 0.3) is 0 Å². The van der Waals surface area contributed by atoms with Crippen molar-refractivity contribution < 1.29 is 28.6 Å². The maximum Gasteiger partial charge on any atom is 0.306 e. The molecule has 0 aromatic carbocycles. The van der Waals surface area contributed by atoms with Crippen molar-refractivity contribution in [3.8, 4) is 0 Å². The maximum atomic E-state index is 13.0. The number of carbonyl (C=O) groups excluding carboxylic acids is 3. The number of hydrogen-bond donors (Lipinski definition) is 0. The van der Waals surface area contributed by atoms with Gasteiger partial charge in [0.2, 0.25) is 0 Å². The zero-order valence-corrected chi connectivity index (χ0v) is 56.0. The van der Waals surface area contributed by atoms with Gasteiger partial charge in [-0.05, 0) is 57.8 Å². The van der Waals surface area contributed by atoms with Gasteiger partial charge in [0.25, 0.3) is 0 Å². The number of rotatable bonds is 69. The Kier molecular flexibility index (Phi) is 69.6. The minimum atomic E-state index is -0.769. The number of hydrogen-bond acceptors (Lipinski definition) is 6. The van der Waals surface area contributed by atoms with Crippen molar-refractivity contribution in [3.63, 3.8) is 0 Å². The summed E-state index contributed by atoms with van der Waals surface area (Å²) in [5.74, 6) is -0.830. The molecule has 1 unspecified atom stereocenters. The molecular weight excluding hydrogens is 1020 g/mol. The van der Waals surface area contributed by atoms with Gasteiger partial charge in [-0.2, -0.15) is 0 Å². The van der Waals surface area contributed by atoms with Crippen molar-refractivity contribution in [2.75, 3.05) is 13.2 Å². The number of ether oxygens (including phenoxy) is 3. The largest absolute Gasteiger partial charge is 0.462 e. The highest BCUT2D eigenvalue weighted by Crippen LogP contribution is 2.19. The summed E-state index contributed by atoms with van der Waals surface area (Å²) in [6.45, 7) is 6.62. The Balaban J connectivity index is 4.23. The Morgan fingerprint density at radius 2 is 0.470 bits per heavy atom. The standard InChI is InChI=1S/C77H142O6/c1-4-7-10-13-16-19-22-25-28-31-34-35-36-37-38-39-40-41-42-43-44-47-49-52-55-58-61-64-67-70-76(79)82-73-74(83-77(80)71-68-65-62-59-56-53-50-46-33-30-27-24-21-18-15-12-9-6-3)72-81-75(78)69-66-63-60-57-54-51-48-45-32-29-26-23-20-17-14-11-8-5-2/h7,10,16,19,25,28,34-35,74H,4-6,8-9,11-15,17-18,20-24,26-27,29-33,36-73H2,1-3H3/b10-7-,19-16-,28-25-,35-34-. The fourth-order valence-corrected chi connectivity index (χ4v) is 11.3. The molecular formula is C77H142O6. The van der Waals surface area contributed by atoms with E-state index in [1.54, 1.807) is 0 Å². The van der Waals surface area contributed by atoms with Gasteiger partial charge in [-0.1, -0.05) is 378 Å². The molecule has 0 bridgehead atoms. The molecule has 0 radical (unpaired) electrons. The summed E-state index contributed by atoms with van der Waals surface area (Å²) in [5, 5.41) is 0. The average Bonchev–Trinajstić information content (AvgIpc) is 3.49. The van der Waals surface area contributed by atoms with Crippen molar-refractivity contribution in [3.05, 3.63) is 48.6 Å². The molecule has 0 fully saturated rings. The molecule has 0 N–H and O–H groups in total. The van der Waals surface area contributed by atoms with Crippen LogP contribution in [-0.2, 0) is 28.6 Å². The van der Waals surface area contributed by atoms with Gasteiger partial charge in [0.05, 0.1) is 0 Å². The molecule has 1 atom stereocenters. The molecule has 0 aromatic heterocycles. The van der Waals surface area contributed by atoms with E-state index >= 15 is 0 Å². The van der Waals surface area contributed by atoms with E-state index in [1.807, 2.05) is 0 Å². The van der Waals surface area contributed by atoms with Crippen molar-refractivity contribution in [1.82, 2.24) is 0 Å². The van der Waals surface area contributed by atoms with Crippen molar-refractivity contribution in [1.29, 1.82) is 0 Å². The van der Waals surface area contributed by atoms with E-state index in [-0.39, 0.29) is 31.1 Å². The Labute approximate surface area is 518 Å². The Hall–Kier alpha value is -2.63. The first kappa shape index (κ1) is 80.4. The van der Waals surface area contributed by atoms with Gasteiger partial charge in [0.15, 0.2) is 6.10 Å². The predicted octanol–water partition coefficient (Wildman–Crippen LogP) is 25.7. The quantitative estimate of drug-likeness (QED) is 0.0261. The van der Waals surface area contributed by atoms with E-state index in [0.29, 0.717) is 19.3 Å². The summed E-state index contributed by atoms with van der Waals surface area (Å²) >= 11 is 0. The highest BCUT2D eigenvalue weighted by Gasteiger charge is 2.20. The lowest BCUT2D eigenvalue weighted by Crippen LogP contribution is -2.30. The summed E-state index contributed by atoms with van der Waals surface area (Å²) in [6.07, 6.45) is 91.5. The second-order valence-electron chi connectivity index (χ2n) is 25.2. The summed E-state index contributed by atoms with van der Waals surface area (Å²) in [7, 11) is 0. The highest BCUT2D eigenvalue weighted by molar-refractivity contribution is 5.71. The minimum absolute atomic E-state index is 0.0648. The van der Waals surface area contributed by atoms with Gasteiger partial charge in [0.1, 0.15) is 13.2 Å². The van der Waals surface area contributed by atoms with E-state index in [9.17, 15) is 14.4 Å². The molecule has 0 saturated heterocycles. The van der Waals surface area contributed by atoms with E-state index in [2.05, 4.69) is 69.4 Å². The lowest BCUT2D eigenvalue weighted by molar-refractivity contribution is -0.167. The third-order valence-electron chi connectivity index (χ3n) is 16.8. The maximum absolute atomic E-state index is 13.0. The summed E-state index contributed by atoms with van der Waals surface area (Å²) in [6, 6.07) is 0. The van der Waals surface area contributed by atoms with Crippen LogP contribution in [0.3, 0.4) is 0 Å². The van der Waals surface area contributed by atoms with Crippen molar-refractivity contribution in [2.24, 2.45) is 0 Å². The third kappa shape index (κ3) is 70.0. The van der Waals surface area contributed by atoms with Gasteiger partial charge < -0.3 is 14.2 Å². The third-order valence-corrected chi connectivity index (χ3v) is 16.8. The summed E-state index contributed by atoms with van der Waals surface area (Å²) in [4.78, 5) is 38.5. The van der Waals surface area contributed by atoms with Gasteiger partial charge in [-0.25, -0.2) is 0 Å². The molecule has 0 aliphatic rings. The molecule has 0 rings (SSSR count). The highest BCUT2D eigenvalue weighted by atomic mass is 16.6. The van der Waals surface area contributed by atoms with Crippen LogP contribution in [0.1, 0.15) is 406 Å². The fourth-order valence-electron chi connectivity index (χ4n) is 11.3. The van der Waals surface area contributed by atoms with E-state index in [4.69, 9.17) is 14.2 Å². The molecule has 6 nitrogen and oxygen atoms in total. The van der Waals surface area contributed by atoms with Gasteiger partial charge in [-0.3, -0.25) is 14.4 Å². The van der Waals surface area contributed by atoms with Crippen LogP contribution in [0, 0.1) is 0 Å². The second-order valence-corrected chi connectivity index (χ2v) is 25.2. The fraction of sp³-hybridized carbons (Fsp3) is 0.857. The molecule has 6 heteroatoms. The van der Waals surface area contributed by atoms with E-state index in [0.717, 1.165) is 83.5 Å². The molecule has 83 heavy (non-hydrogen) atoms. The zero-order valence-electron chi connectivity index (χ0n) is 56.0. The van der Waals surface area contributed by atoms with Gasteiger partial charge in [-0.15, -0.1) is 0 Å². The van der Waals surface area contributed by atoms with Crippen LogP contribution in [0.2, 0.25) is 0 Å². The molecule has 0 spiro atoms. The molecule has 486 valence electrons. The lowest BCUT2D eigenvalue weighted by atomic mass is 10.0. The van der Waals surface area contributed by atoms with Crippen molar-refractivity contribution >= 4 is 17.9 Å². The zero-order chi connectivity index (χ0) is 59.9. The van der Waals surface area contributed by atoms with E-state index < -0.39 is 6.10 Å². The first-order chi connectivity index (χ1) is 41.0. The van der Waals surface area contributed by atoms with Gasteiger partial charge >= 0.3 is 17.9 Å². The SMILES string of the molecule is CC/C=C\C/C=C\C/C=C\C/C=C\CCCCCCCCCCCCCCCCCCC(=O)OCC(COC(=O)CCCCCCCCCCCCCCCCCCCC)OC(=O)CCCCCCCCCCCCCCCCCCCC. The van der Waals surface area contributed by atoms with Gasteiger partial charge in [0, 0.05) is 19.3 Å². The average molecular weight is 1160 g/mol. The predicted molar refractivity (Wildman–Crippen MR) is 362 cm³/mol. The Morgan fingerprint density at radius 1 is 0.253 bits per heavy atom. The number of allylic oxidation sites excluding steroid dienone is 8. The van der Waals surface area contributed by atoms with E-state index in [1.165, 1.54) is 283 Å². The Bertz CT molecular complexity index is 1430. The molecule has 0 heterocycles. The normalized spacial score (nSPS) is 12.3. The second kappa shape index (κ2) is 71.8. The monoisotopic (exact) mass is 1160 g/mol. The molecule has 0 aromatic rings. The molecule has 0 saturated carbocycles. The molecule has 0 amide bonds. The number of esters is 3. The summed E-state index contributed by atoms with van der Waals surface area (Å²) < 4.78 is 17.0. The Morgan fingerprint density at radius 3 is 0.735 bits per heavy atom. The minimum Gasteiger partial charge on any atom is -0.462 e. The number of carbonyl (C=O) groups is 3. The van der Waals surface area contributed by atoms with Crippen LogP contribution >= 0.6 is 0 Å². The topological polar surface area (TPSA) is 78.9 Å².